The van der Waals surface area contributed by atoms with Crippen LogP contribution in [0.1, 0.15) is 38.3 Å². The number of amides is 1. The van der Waals surface area contributed by atoms with Gasteiger partial charge in [-0.25, -0.2) is 9.37 Å². The molecule has 1 aliphatic carbocycles. The number of hydrogen-bond donors (Lipinski definition) is 0. The van der Waals surface area contributed by atoms with Gasteiger partial charge in [0.15, 0.2) is 11.5 Å². The summed E-state index contributed by atoms with van der Waals surface area (Å²) in [6.45, 7) is 4.18. The second-order valence-corrected chi connectivity index (χ2v) is 7.73. The maximum absolute atomic E-state index is 14.4. The van der Waals surface area contributed by atoms with Crippen LogP contribution in [0.4, 0.5) is 10.1 Å². The van der Waals surface area contributed by atoms with Gasteiger partial charge in [-0.3, -0.25) is 4.79 Å². The average molecular weight is 354 g/mol. The van der Waals surface area contributed by atoms with Crippen LogP contribution in [0.25, 0.3) is 5.82 Å². The van der Waals surface area contributed by atoms with Crippen LogP contribution in [-0.2, 0) is 10.3 Å². The fourth-order valence-corrected chi connectivity index (χ4v) is 4.66. The molecule has 4 heterocycles. The zero-order valence-electron chi connectivity index (χ0n) is 15.0. The summed E-state index contributed by atoms with van der Waals surface area (Å²) in [5, 5.41) is 0. The highest BCUT2D eigenvalue weighted by molar-refractivity contribution is 5.88. The van der Waals surface area contributed by atoms with Crippen molar-refractivity contribution in [2.75, 3.05) is 24.5 Å². The van der Waals surface area contributed by atoms with E-state index in [2.05, 4.69) is 33.5 Å². The van der Waals surface area contributed by atoms with E-state index in [9.17, 15) is 9.18 Å². The molecule has 2 aromatic heterocycles. The number of halogens is 1. The third-order valence-electron chi connectivity index (χ3n) is 6.08. The number of pyridine rings is 1. The first kappa shape index (κ1) is 15.9. The summed E-state index contributed by atoms with van der Waals surface area (Å²) in [6, 6.07) is 8.22. The molecular formula is C20H23FN4O. The van der Waals surface area contributed by atoms with Crippen molar-refractivity contribution in [1.29, 1.82) is 0 Å². The second kappa shape index (κ2) is 5.32. The van der Waals surface area contributed by atoms with Gasteiger partial charge in [-0.1, -0.05) is 6.92 Å². The number of anilines is 1. The molecule has 1 amide bonds. The van der Waals surface area contributed by atoms with E-state index in [4.69, 9.17) is 0 Å². The number of fused-ring (bicyclic) bond motifs is 4. The molecule has 0 bridgehead atoms. The van der Waals surface area contributed by atoms with Gasteiger partial charge in [0.1, 0.15) is 5.54 Å². The lowest BCUT2D eigenvalue weighted by molar-refractivity contribution is -0.137. The van der Waals surface area contributed by atoms with Crippen LogP contribution in [0.2, 0.25) is 0 Å². The van der Waals surface area contributed by atoms with E-state index in [0.29, 0.717) is 25.9 Å². The first-order valence-electron chi connectivity index (χ1n) is 9.48. The highest BCUT2D eigenvalue weighted by Gasteiger charge is 2.57. The molecule has 136 valence electrons. The van der Waals surface area contributed by atoms with Gasteiger partial charge in [-0.2, -0.15) is 0 Å². The fourth-order valence-electron chi connectivity index (χ4n) is 4.66. The predicted molar refractivity (Wildman–Crippen MR) is 97.1 cm³/mol. The summed E-state index contributed by atoms with van der Waals surface area (Å²) in [5.74, 6) is 0.612. The number of rotatable bonds is 3. The van der Waals surface area contributed by atoms with E-state index in [1.165, 1.54) is 0 Å². The standard InChI is InChI=1S/C20H23FN4O/c1-2-11-25-15-5-3-10-22-17(15)24-12-4-6-16(24)20(25)9-13-23(14-20)18(26)19(21)7-8-19/h3-6,10,12H,2,7-9,11,13-14H2,1H3. The topological polar surface area (TPSA) is 41.4 Å². The molecule has 1 saturated carbocycles. The van der Waals surface area contributed by atoms with Gasteiger partial charge >= 0.3 is 0 Å². The van der Waals surface area contributed by atoms with Gasteiger partial charge in [0.25, 0.3) is 5.91 Å². The largest absolute Gasteiger partial charge is 0.355 e. The van der Waals surface area contributed by atoms with Crippen LogP contribution >= 0.6 is 0 Å². The fraction of sp³-hybridized carbons (Fsp3) is 0.500. The highest BCUT2D eigenvalue weighted by Crippen LogP contribution is 2.49. The summed E-state index contributed by atoms with van der Waals surface area (Å²) in [4.78, 5) is 21.4. The molecule has 2 fully saturated rings. The molecule has 6 heteroatoms. The minimum atomic E-state index is -1.60. The Morgan fingerprint density at radius 3 is 2.88 bits per heavy atom. The van der Waals surface area contributed by atoms with Crippen LogP contribution in [0.3, 0.4) is 0 Å². The van der Waals surface area contributed by atoms with Gasteiger partial charge in [0.05, 0.1) is 11.4 Å². The molecule has 1 saturated heterocycles. The third kappa shape index (κ3) is 2.01. The zero-order chi connectivity index (χ0) is 17.9. The Labute approximate surface area is 152 Å². The lowest BCUT2D eigenvalue weighted by Crippen LogP contribution is -2.53. The molecule has 2 aromatic rings. The number of alkyl halides is 1. The molecule has 3 aliphatic rings. The Kier molecular flexibility index (Phi) is 3.24. The molecule has 0 N–H and O–H groups in total. The molecule has 26 heavy (non-hydrogen) atoms. The highest BCUT2D eigenvalue weighted by atomic mass is 19.1. The van der Waals surface area contributed by atoms with E-state index in [-0.39, 0.29) is 11.4 Å². The number of hydrogen-bond acceptors (Lipinski definition) is 3. The smallest absolute Gasteiger partial charge is 0.260 e. The Morgan fingerprint density at radius 2 is 2.12 bits per heavy atom. The van der Waals surface area contributed by atoms with Crippen molar-refractivity contribution < 1.29 is 9.18 Å². The van der Waals surface area contributed by atoms with Crippen molar-refractivity contribution in [3.8, 4) is 5.82 Å². The van der Waals surface area contributed by atoms with Crippen LogP contribution in [-0.4, -0.2) is 45.7 Å². The molecule has 0 aromatic carbocycles. The Morgan fingerprint density at radius 1 is 1.27 bits per heavy atom. The molecule has 1 atom stereocenters. The van der Waals surface area contributed by atoms with Crippen LogP contribution < -0.4 is 4.90 Å². The predicted octanol–water partition coefficient (Wildman–Crippen LogP) is 3.03. The first-order chi connectivity index (χ1) is 12.6. The molecule has 2 aliphatic heterocycles. The normalized spacial score (nSPS) is 25.3. The van der Waals surface area contributed by atoms with Crippen molar-refractivity contribution in [2.45, 2.75) is 43.8 Å². The van der Waals surface area contributed by atoms with Crippen molar-refractivity contribution in [3.05, 3.63) is 42.4 Å². The minimum Gasteiger partial charge on any atom is -0.355 e. The molecular weight excluding hydrogens is 331 g/mol. The van der Waals surface area contributed by atoms with Crippen LogP contribution in [0.15, 0.2) is 36.7 Å². The maximum atomic E-state index is 14.4. The van der Waals surface area contributed by atoms with Gasteiger partial charge in [0.2, 0.25) is 0 Å². The third-order valence-corrected chi connectivity index (χ3v) is 6.08. The Balaban J connectivity index is 1.60. The second-order valence-electron chi connectivity index (χ2n) is 7.73. The van der Waals surface area contributed by atoms with Crippen LogP contribution in [0.5, 0.6) is 0 Å². The van der Waals surface area contributed by atoms with E-state index < -0.39 is 5.67 Å². The lowest BCUT2D eigenvalue weighted by atomic mass is 9.88. The van der Waals surface area contributed by atoms with Crippen LogP contribution in [0, 0.1) is 0 Å². The van der Waals surface area contributed by atoms with Gasteiger partial charge in [-0.05, 0) is 49.9 Å². The maximum Gasteiger partial charge on any atom is 0.260 e. The van der Waals surface area contributed by atoms with E-state index in [1.807, 2.05) is 24.5 Å². The molecule has 5 nitrogen and oxygen atoms in total. The Hall–Kier alpha value is -2.37. The lowest BCUT2D eigenvalue weighted by Gasteiger charge is -2.47. The molecule has 1 spiro atoms. The monoisotopic (exact) mass is 354 g/mol. The van der Waals surface area contributed by atoms with Gasteiger partial charge in [-0.15, -0.1) is 0 Å². The molecule has 1 unspecified atom stereocenters. The van der Waals surface area contributed by atoms with Gasteiger partial charge < -0.3 is 14.4 Å². The number of carbonyl (C=O) groups is 1. The summed E-state index contributed by atoms with van der Waals surface area (Å²) >= 11 is 0. The van der Waals surface area contributed by atoms with Crippen molar-refractivity contribution in [3.63, 3.8) is 0 Å². The van der Waals surface area contributed by atoms with Gasteiger partial charge in [0, 0.05) is 32.0 Å². The van der Waals surface area contributed by atoms with Crippen molar-refractivity contribution in [1.82, 2.24) is 14.5 Å². The number of aromatic nitrogens is 2. The summed E-state index contributed by atoms with van der Waals surface area (Å²) < 4.78 is 16.5. The van der Waals surface area contributed by atoms with E-state index in [0.717, 1.165) is 36.6 Å². The Bertz CT molecular complexity index is 874. The molecule has 0 radical (unpaired) electrons. The summed E-state index contributed by atoms with van der Waals surface area (Å²) in [6.07, 6.45) is 6.41. The SMILES string of the molecule is CCCN1c2cccnc2-n2cccc2C12CCN(C(=O)C1(F)CC1)C2. The van der Waals surface area contributed by atoms with Crippen molar-refractivity contribution >= 4 is 11.6 Å². The van der Waals surface area contributed by atoms with E-state index in [1.54, 1.807) is 4.90 Å². The van der Waals surface area contributed by atoms with Crippen molar-refractivity contribution in [2.24, 2.45) is 0 Å². The van der Waals surface area contributed by atoms with E-state index >= 15 is 0 Å². The zero-order valence-corrected chi connectivity index (χ0v) is 15.0. The quantitative estimate of drug-likeness (QED) is 0.851. The number of nitrogens with zero attached hydrogens (tertiary/aromatic N) is 4. The summed E-state index contributed by atoms with van der Waals surface area (Å²) in [7, 11) is 0. The first-order valence-corrected chi connectivity index (χ1v) is 9.48. The minimum absolute atomic E-state index is 0.309. The summed E-state index contributed by atoms with van der Waals surface area (Å²) in [5.41, 5.74) is 0.332. The molecule has 5 rings (SSSR count). The number of likely N-dealkylation sites (tertiary alicyclic amines) is 1. The average Bonchev–Trinajstić information content (AvgIpc) is 3.08. The number of carbonyl (C=O) groups excluding carboxylic acids is 1.